The first-order chi connectivity index (χ1) is 13.7. The summed E-state index contributed by atoms with van der Waals surface area (Å²) in [4.78, 5) is 14.6. The van der Waals surface area contributed by atoms with Crippen LogP contribution in [0, 0.1) is 0 Å². The van der Waals surface area contributed by atoms with Gasteiger partial charge in [-0.05, 0) is 55.2 Å². The summed E-state index contributed by atoms with van der Waals surface area (Å²) < 4.78 is 7.32. The van der Waals surface area contributed by atoms with E-state index in [1.54, 1.807) is 7.11 Å². The van der Waals surface area contributed by atoms with Crippen LogP contribution in [0.2, 0.25) is 0 Å². The lowest BCUT2D eigenvalue weighted by molar-refractivity contribution is 0.174. The van der Waals surface area contributed by atoms with Gasteiger partial charge in [0, 0.05) is 25.7 Å². The van der Waals surface area contributed by atoms with Gasteiger partial charge in [0.1, 0.15) is 11.6 Å². The molecule has 0 radical (unpaired) electrons. The molecule has 7 nitrogen and oxygen atoms in total. The second-order valence-corrected chi connectivity index (χ2v) is 7.06. The molecule has 0 aliphatic carbocycles. The SMILES string of the molecule is COc1ccc2c(c1)[C@@H](C)N(C(=O)NCCCc1nnc3ccccn13)CC2. The number of pyridine rings is 1. The number of aryl methyl sites for hydroxylation is 1. The number of ether oxygens (including phenoxy) is 1. The molecule has 28 heavy (non-hydrogen) atoms. The lowest BCUT2D eigenvalue weighted by Crippen LogP contribution is -2.45. The van der Waals surface area contributed by atoms with Crippen LogP contribution in [0.1, 0.15) is 36.3 Å². The van der Waals surface area contributed by atoms with Crippen LogP contribution >= 0.6 is 0 Å². The van der Waals surface area contributed by atoms with Crippen molar-refractivity contribution in [3.05, 3.63) is 59.5 Å². The number of aromatic nitrogens is 3. The number of carbonyl (C=O) groups excluding carboxylic acids is 1. The fourth-order valence-electron chi connectivity index (χ4n) is 3.80. The zero-order chi connectivity index (χ0) is 19.5. The third kappa shape index (κ3) is 3.52. The van der Waals surface area contributed by atoms with E-state index in [0.29, 0.717) is 6.54 Å². The van der Waals surface area contributed by atoms with Crippen molar-refractivity contribution < 1.29 is 9.53 Å². The summed E-state index contributed by atoms with van der Waals surface area (Å²) in [6.45, 7) is 3.40. The number of hydrogen-bond donors (Lipinski definition) is 1. The standard InChI is InChI=1S/C21H25N5O2/c1-15-18-14-17(28-2)9-8-16(18)10-13-25(15)21(27)22-11-5-7-20-24-23-19-6-3-4-12-26(19)20/h3-4,6,8-9,12,14-15H,5,7,10-11,13H2,1-2H3,(H,22,27)/t15-/m1/s1. The normalized spacial score (nSPS) is 16.1. The minimum absolute atomic E-state index is 0.0212. The molecule has 2 aromatic heterocycles. The van der Waals surface area contributed by atoms with Crippen molar-refractivity contribution in [3.8, 4) is 5.75 Å². The van der Waals surface area contributed by atoms with Gasteiger partial charge < -0.3 is 15.0 Å². The highest BCUT2D eigenvalue weighted by Crippen LogP contribution is 2.32. The predicted octanol–water partition coefficient (Wildman–Crippen LogP) is 3.00. The van der Waals surface area contributed by atoms with Crippen LogP contribution in [0.5, 0.6) is 5.75 Å². The molecular formula is C21H25N5O2. The second kappa shape index (κ2) is 7.88. The van der Waals surface area contributed by atoms with Gasteiger partial charge in [-0.25, -0.2) is 4.79 Å². The van der Waals surface area contributed by atoms with E-state index in [4.69, 9.17) is 4.74 Å². The Labute approximate surface area is 164 Å². The molecule has 4 rings (SSSR count). The Bertz CT molecular complexity index is 984. The first-order valence-electron chi connectivity index (χ1n) is 9.67. The largest absolute Gasteiger partial charge is 0.497 e. The lowest BCUT2D eigenvalue weighted by atomic mass is 9.93. The lowest BCUT2D eigenvalue weighted by Gasteiger charge is -2.35. The summed E-state index contributed by atoms with van der Waals surface area (Å²) in [5.41, 5.74) is 3.30. The van der Waals surface area contributed by atoms with Gasteiger partial charge in [0.25, 0.3) is 0 Å². The average Bonchev–Trinajstić information content (AvgIpc) is 3.14. The van der Waals surface area contributed by atoms with E-state index in [1.165, 1.54) is 5.56 Å². The van der Waals surface area contributed by atoms with E-state index in [-0.39, 0.29) is 12.1 Å². The number of fused-ring (bicyclic) bond motifs is 2. The molecule has 0 saturated carbocycles. The third-order valence-corrected chi connectivity index (χ3v) is 5.39. The number of nitrogens with zero attached hydrogens (tertiary/aromatic N) is 4. The maximum atomic E-state index is 12.7. The van der Waals surface area contributed by atoms with Crippen molar-refractivity contribution in [2.24, 2.45) is 0 Å². The van der Waals surface area contributed by atoms with Crippen molar-refractivity contribution in [1.82, 2.24) is 24.8 Å². The molecule has 0 spiro atoms. The molecule has 0 saturated heterocycles. The number of amides is 2. The molecule has 3 aromatic rings. The van der Waals surface area contributed by atoms with Gasteiger partial charge in [-0.2, -0.15) is 0 Å². The predicted molar refractivity (Wildman–Crippen MR) is 107 cm³/mol. The van der Waals surface area contributed by atoms with Gasteiger partial charge in [0.2, 0.25) is 0 Å². The number of hydrogen-bond acceptors (Lipinski definition) is 4. The average molecular weight is 379 g/mol. The first kappa shape index (κ1) is 18.3. The summed E-state index contributed by atoms with van der Waals surface area (Å²) in [5, 5.41) is 11.4. The van der Waals surface area contributed by atoms with Crippen molar-refractivity contribution in [3.63, 3.8) is 0 Å². The molecule has 1 N–H and O–H groups in total. The van der Waals surface area contributed by atoms with Crippen molar-refractivity contribution in [2.45, 2.75) is 32.2 Å². The fraction of sp³-hybridized carbons (Fsp3) is 0.381. The molecule has 0 fully saturated rings. The molecule has 1 aromatic carbocycles. The van der Waals surface area contributed by atoms with E-state index in [1.807, 2.05) is 45.8 Å². The molecule has 3 heterocycles. The first-order valence-corrected chi connectivity index (χ1v) is 9.67. The highest BCUT2D eigenvalue weighted by atomic mass is 16.5. The number of methoxy groups -OCH3 is 1. The molecule has 1 aliphatic rings. The summed E-state index contributed by atoms with van der Waals surface area (Å²) in [5.74, 6) is 1.74. The Morgan fingerprint density at radius 3 is 3.04 bits per heavy atom. The van der Waals surface area contributed by atoms with Crippen LogP contribution < -0.4 is 10.1 Å². The molecular weight excluding hydrogens is 354 g/mol. The van der Waals surface area contributed by atoms with Crippen molar-refractivity contribution in [2.75, 3.05) is 20.2 Å². The maximum Gasteiger partial charge on any atom is 0.317 e. The topological polar surface area (TPSA) is 71.8 Å². The molecule has 146 valence electrons. The Kier molecular flexibility index (Phi) is 5.14. The minimum atomic E-state index is -0.0212. The summed E-state index contributed by atoms with van der Waals surface area (Å²) in [6.07, 6.45) is 4.41. The molecule has 2 amide bonds. The molecule has 1 atom stereocenters. The van der Waals surface area contributed by atoms with E-state index >= 15 is 0 Å². The smallest absolute Gasteiger partial charge is 0.317 e. The fourth-order valence-corrected chi connectivity index (χ4v) is 3.80. The third-order valence-electron chi connectivity index (χ3n) is 5.39. The van der Waals surface area contributed by atoms with Crippen LogP contribution in [0.3, 0.4) is 0 Å². The summed E-state index contributed by atoms with van der Waals surface area (Å²) in [6, 6.07) is 12.0. The molecule has 1 aliphatic heterocycles. The van der Waals surface area contributed by atoms with Gasteiger partial charge in [0.15, 0.2) is 5.65 Å². The van der Waals surface area contributed by atoms with Gasteiger partial charge in [-0.1, -0.05) is 12.1 Å². The van der Waals surface area contributed by atoms with Gasteiger partial charge in [-0.3, -0.25) is 4.40 Å². The van der Waals surface area contributed by atoms with Gasteiger partial charge in [0.05, 0.1) is 13.2 Å². The quantitative estimate of drug-likeness (QED) is 0.692. The van der Waals surface area contributed by atoms with Gasteiger partial charge in [-0.15, -0.1) is 10.2 Å². The Balaban J connectivity index is 1.32. The van der Waals surface area contributed by atoms with Crippen LogP contribution in [-0.2, 0) is 12.8 Å². The van der Waals surface area contributed by atoms with E-state index in [2.05, 4.69) is 28.5 Å². The Morgan fingerprint density at radius 2 is 2.18 bits per heavy atom. The van der Waals surface area contributed by atoms with E-state index < -0.39 is 0 Å². The number of benzene rings is 1. The van der Waals surface area contributed by atoms with Crippen molar-refractivity contribution >= 4 is 11.7 Å². The summed E-state index contributed by atoms with van der Waals surface area (Å²) >= 11 is 0. The number of rotatable bonds is 5. The van der Waals surface area contributed by atoms with Crippen LogP contribution in [0.15, 0.2) is 42.6 Å². The zero-order valence-electron chi connectivity index (χ0n) is 16.3. The van der Waals surface area contributed by atoms with Crippen LogP contribution in [0.4, 0.5) is 4.79 Å². The van der Waals surface area contributed by atoms with Gasteiger partial charge >= 0.3 is 6.03 Å². The molecule has 0 unspecified atom stereocenters. The maximum absolute atomic E-state index is 12.7. The van der Waals surface area contributed by atoms with E-state index in [0.717, 1.165) is 48.6 Å². The van der Waals surface area contributed by atoms with Crippen LogP contribution in [-0.4, -0.2) is 45.7 Å². The number of carbonyl (C=O) groups is 1. The monoisotopic (exact) mass is 379 g/mol. The summed E-state index contributed by atoms with van der Waals surface area (Å²) in [7, 11) is 1.66. The van der Waals surface area contributed by atoms with Crippen LogP contribution in [0.25, 0.3) is 5.65 Å². The Hall–Kier alpha value is -3.09. The number of urea groups is 1. The van der Waals surface area contributed by atoms with E-state index in [9.17, 15) is 4.79 Å². The Morgan fingerprint density at radius 1 is 1.29 bits per heavy atom. The molecule has 7 heteroatoms. The highest BCUT2D eigenvalue weighted by molar-refractivity contribution is 5.75. The zero-order valence-corrected chi connectivity index (χ0v) is 16.3. The highest BCUT2D eigenvalue weighted by Gasteiger charge is 2.27. The van der Waals surface area contributed by atoms with Crippen molar-refractivity contribution in [1.29, 1.82) is 0 Å². The second-order valence-electron chi connectivity index (χ2n) is 7.06. The number of nitrogens with one attached hydrogen (secondary N) is 1. The minimum Gasteiger partial charge on any atom is -0.497 e. The molecule has 0 bridgehead atoms.